The smallest absolute Gasteiger partial charge is 0.269 e. The van der Waals surface area contributed by atoms with Crippen LogP contribution < -0.4 is 5.32 Å². The molecule has 20 heavy (non-hydrogen) atoms. The Bertz CT molecular complexity index is 450. The predicted molar refractivity (Wildman–Crippen MR) is 78.3 cm³/mol. The number of nitrogens with zero attached hydrogens (tertiary/aromatic N) is 1. The van der Waals surface area contributed by atoms with Crippen LogP contribution >= 0.6 is 0 Å². The molecule has 2 atom stereocenters. The highest BCUT2D eigenvalue weighted by molar-refractivity contribution is 7.85. The van der Waals surface area contributed by atoms with Gasteiger partial charge in [-0.05, 0) is 25.1 Å². The molecule has 0 radical (unpaired) electrons. The van der Waals surface area contributed by atoms with E-state index in [1.807, 2.05) is 0 Å². The lowest BCUT2D eigenvalue weighted by molar-refractivity contribution is -0.384. The molecule has 0 fully saturated rings. The first-order valence-corrected chi connectivity index (χ1v) is 7.75. The number of benzene rings is 1. The van der Waals surface area contributed by atoms with E-state index < -0.39 is 15.7 Å². The van der Waals surface area contributed by atoms with Crippen molar-refractivity contribution in [2.24, 2.45) is 0 Å². The Hall–Kier alpha value is -1.31. The Morgan fingerprint density at radius 2 is 2.05 bits per heavy atom. The van der Waals surface area contributed by atoms with Crippen LogP contribution in [0.3, 0.4) is 0 Å². The summed E-state index contributed by atoms with van der Waals surface area (Å²) in [6.07, 6.45) is 0.990. The first kappa shape index (κ1) is 16.7. The van der Waals surface area contributed by atoms with Crippen molar-refractivity contribution in [3.63, 3.8) is 0 Å². The highest BCUT2D eigenvalue weighted by atomic mass is 32.2. The van der Waals surface area contributed by atoms with Crippen molar-refractivity contribution in [3.05, 3.63) is 34.4 Å². The molecule has 0 saturated heterocycles. The minimum atomic E-state index is -1.21. The van der Waals surface area contributed by atoms with Gasteiger partial charge in [-0.25, -0.2) is 0 Å². The van der Waals surface area contributed by atoms with Crippen LogP contribution in [0.4, 0.5) is 5.69 Å². The molecule has 1 rings (SSSR count). The molecular formula is C13H20N2O4S. The maximum atomic E-state index is 12.2. The molecule has 7 heteroatoms. The van der Waals surface area contributed by atoms with E-state index in [2.05, 4.69) is 12.2 Å². The molecule has 2 unspecified atom stereocenters. The summed E-state index contributed by atoms with van der Waals surface area (Å²) in [7, 11) is 0.402. The minimum absolute atomic E-state index is 0.00306. The molecule has 1 N–H and O–H groups in total. The van der Waals surface area contributed by atoms with E-state index in [9.17, 15) is 14.3 Å². The van der Waals surface area contributed by atoms with Crippen LogP contribution in [0.25, 0.3) is 0 Å². The normalized spacial score (nSPS) is 13.9. The van der Waals surface area contributed by atoms with Gasteiger partial charge < -0.3 is 10.1 Å². The van der Waals surface area contributed by atoms with Crippen LogP contribution in [0.5, 0.6) is 0 Å². The fourth-order valence-electron chi connectivity index (χ4n) is 1.71. The Morgan fingerprint density at radius 3 is 2.55 bits per heavy atom. The fourth-order valence-corrected chi connectivity index (χ4v) is 2.93. The van der Waals surface area contributed by atoms with E-state index in [1.165, 1.54) is 24.3 Å². The van der Waals surface area contributed by atoms with Gasteiger partial charge in [-0.15, -0.1) is 0 Å². The van der Waals surface area contributed by atoms with E-state index in [0.717, 1.165) is 13.0 Å². The summed E-state index contributed by atoms with van der Waals surface area (Å²) in [5.74, 6) is 0.422. The average Bonchev–Trinajstić information content (AvgIpc) is 2.45. The van der Waals surface area contributed by atoms with Gasteiger partial charge in [0, 0.05) is 35.9 Å². The molecule has 112 valence electrons. The van der Waals surface area contributed by atoms with Gasteiger partial charge >= 0.3 is 0 Å². The molecule has 0 aliphatic heterocycles. The van der Waals surface area contributed by atoms with Gasteiger partial charge in [0.1, 0.15) is 0 Å². The van der Waals surface area contributed by atoms with Gasteiger partial charge in [-0.1, -0.05) is 6.92 Å². The van der Waals surface area contributed by atoms with Crippen LogP contribution in [-0.2, 0) is 15.5 Å². The molecule has 1 aromatic rings. The third-order valence-electron chi connectivity index (χ3n) is 2.71. The zero-order valence-corrected chi connectivity index (χ0v) is 12.5. The summed E-state index contributed by atoms with van der Waals surface area (Å²) < 4.78 is 17.3. The van der Waals surface area contributed by atoms with Crippen molar-refractivity contribution >= 4 is 16.5 Å². The maximum absolute atomic E-state index is 12.2. The standard InChI is InChI=1S/C13H20N2O4S/c1-3-8-14-11(9-19-2)10-20(18)13-6-4-12(5-7-13)15(16)17/h4-7,11,14H,3,8-10H2,1-2H3. The molecule has 6 nitrogen and oxygen atoms in total. The third kappa shape index (κ3) is 5.36. The Labute approximate surface area is 121 Å². The summed E-state index contributed by atoms with van der Waals surface area (Å²) in [6, 6.07) is 5.84. The van der Waals surface area contributed by atoms with Gasteiger partial charge in [0.15, 0.2) is 0 Å². The number of hydrogen-bond acceptors (Lipinski definition) is 5. The zero-order valence-electron chi connectivity index (χ0n) is 11.7. The second-order valence-corrected chi connectivity index (χ2v) is 5.87. The van der Waals surface area contributed by atoms with Gasteiger partial charge in [0.2, 0.25) is 0 Å². The number of hydrogen-bond donors (Lipinski definition) is 1. The van der Waals surface area contributed by atoms with Crippen molar-refractivity contribution < 1.29 is 13.9 Å². The number of ether oxygens (including phenoxy) is 1. The summed E-state index contributed by atoms with van der Waals surface area (Å²) in [5.41, 5.74) is 0.00306. The van der Waals surface area contributed by atoms with Crippen molar-refractivity contribution in [2.45, 2.75) is 24.3 Å². The topological polar surface area (TPSA) is 81.5 Å². The van der Waals surface area contributed by atoms with Crippen LogP contribution in [0.1, 0.15) is 13.3 Å². The number of nitro groups is 1. The molecule has 0 amide bonds. The zero-order chi connectivity index (χ0) is 15.0. The van der Waals surface area contributed by atoms with E-state index in [1.54, 1.807) is 7.11 Å². The third-order valence-corrected chi connectivity index (χ3v) is 4.22. The van der Waals surface area contributed by atoms with Crippen molar-refractivity contribution in [2.75, 3.05) is 26.0 Å². The number of methoxy groups -OCH3 is 1. The van der Waals surface area contributed by atoms with E-state index in [0.29, 0.717) is 17.3 Å². The molecule has 0 heterocycles. The van der Waals surface area contributed by atoms with Gasteiger partial charge in [-0.2, -0.15) is 0 Å². The Balaban J connectivity index is 2.65. The average molecular weight is 300 g/mol. The van der Waals surface area contributed by atoms with Gasteiger partial charge in [-0.3, -0.25) is 14.3 Å². The number of nitrogens with one attached hydrogen (secondary N) is 1. The summed E-state index contributed by atoms with van der Waals surface area (Å²) in [4.78, 5) is 10.7. The lowest BCUT2D eigenvalue weighted by Gasteiger charge is -2.17. The molecule has 0 spiro atoms. The molecule has 0 bridgehead atoms. The largest absolute Gasteiger partial charge is 0.383 e. The minimum Gasteiger partial charge on any atom is -0.383 e. The first-order valence-electron chi connectivity index (χ1n) is 6.43. The van der Waals surface area contributed by atoms with Crippen LogP contribution in [-0.4, -0.2) is 41.2 Å². The highest BCUT2D eigenvalue weighted by Gasteiger charge is 2.14. The van der Waals surface area contributed by atoms with E-state index >= 15 is 0 Å². The summed E-state index contributed by atoms with van der Waals surface area (Å²) in [6.45, 7) is 3.38. The van der Waals surface area contributed by atoms with Crippen LogP contribution in [0, 0.1) is 10.1 Å². The summed E-state index contributed by atoms with van der Waals surface area (Å²) >= 11 is 0. The number of non-ortho nitro benzene ring substituents is 1. The second kappa shape index (κ2) is 8.78. The van der Waals surface area contributed by atoms with Crippen LogP contribution in [0.2, 0.25) is 0 Å². The molecule has 1 aromatic carbocycles. The van der Waals surface area contributed by atoms with Crippen molar-refractivity contribution in [3.8, 4) is 0 Å². The summed E-state index contributed by atoms with van der Waals surface area (Å²) in [5, 5.41) is 13.8. The van der Waals surface area contributed by atoms with Crippen molar-refractivity contribution in [1.82, 2.24) is 5.32 Å². The molecule has 0 aliphatic carbocycles. The number of nitro benzene ring substituents is 1. The SMILES string of the molecule is CCCNC(COC)CS(=O)c1ccc([N+](=O)[O-])cc1. The quantitative estimate of drug-likeness (QED) is 0.554. The lowest BCUT2D eigenvalue weighted by atomic mass is 10.3. The van der Waals surface area contributed by atoms with Gasteiger partial charge in [0.25, 0.3) is 5.69 Å². The molecule has 0 aliphatic rings. The lowest BCUT2D eigenvalue weighted by Crippen LogP contribution is -2.38. The first-order chi connectivity index (χ1) is 9.58. The molecular weight excluding hydrogens is 280 g/mol. The Kier molecular flexibility index (Phi) is 7.35. The maximum Gasteiger partial charge on any atom is 0.269 e. The molecule has 0 saturated carbocycles. The highest BCUT2D eigenvalue weighted by Crippen LogP contribution is 2.15. The van der Waals surface area contributed by atoms with E-state index in [4.69, 9.17) is 4.74 Å². The molecule has 0 aromatic heterocycles. The number of rotatable bonds is 9. The Morgan fingerprint density at radius 1 is 1.40 bits per heavy atom. The van der Waals surface area contributed by atoms with E-state index in [-0.39, 0.29) is 11.7 Å². The van der Waals surface area contributed by atoms with Crippen molar-refractivity contribution in [1.29, 1.82) is 0 Å². The van der Waals surface area contributed by atoms with Gasteiger partial charge in [0.05, 0.1) is 22.3 Å². The monoisotopic (exact) mass is 300 g/mol. The fraction of sp³-hybridized carbons (Fsp3) is 0.538. The second-order valence-electron chi connectivity index (χ2n) is 4.37. The predicted octanol–water partition coefficient (Wildman–Crippen LogP) is 1.72. The van der Waals surface area contributed by atoms with Crippen LogP contribution in [0.15, 0.2) is 29.2 Å².